The Balaban J connectivity index is 1.25. The van der Waals surface area contributed by atoms with E-state index >= 15 is 0 Å². The third kappa shape index (κ3) is 5.75. The van der Waals surface area contributed by atoms with E-state index in [1.807, 2.05) is 0 Å². The van der Waals surface area contributed by atoms with Crippen molar-refractivity contribution in [2.24, 2.45) is 5.92 Å². The Kier molecular flexibility index (Phi) is 8.36. The normalized spacial score (nSPS) is 23.1. The van der Waals surface area contributed by atoms with Crippen molar-refractivity contribution in [2.45, 2.75) is 77.2 Å². The first-order chi connectivity index (χ1) is 18.4. The van der Waals surface area contributed by atoms with E-state index in [4.69, 9.17) is 12.2 Å². The second-order valence-corrected chi connectivity index (χ2v) is 11.9. The monoisotopic (exact) mass is 533 g/mol. The number of piperidine rings is 2. The molecule has 1 amide bonds. The zero-order valence-electron chi connectivity index (χ0n) is 23.2. The molecule has 3 fully saturated rings. The summed E-state index contributed by atoms with van der Waals surface area (Å²) in [5.41, 5.74) is 3.34. The van der Waals surface area contributed by atoms with Gasteiger partial charge in [-0.2, -0.15) is 0 Å². The van der Waals surface area contributed by atoms with Crippen LogP contribution in [0, 0.1) is 12.8 Å². The number of thiocarbonyl (C=S) groups is 1. The van der Waals surface area contributed by atoms with Gasteiger partial charge in [-0.3, -0.25) is 15.0 Å². The Morgan fingerprint density at radius 1 is 1.08 bits per heavy atom. The largest absolute Gasteiger partial charge is 0.349 e. The van der Waals surface area contributed by atoms with Crippen molar-refractivity contribution in [3.05, 3.63) is 65.7 Å². The molecular formula is C31H43N5OS. The highest BCUT2D eigenvalue weighted by Crippen LogP contribution is 2.39. The summed E-state index contributed by atoms with van der Waals surface area (Å²) in [5, 5.41) is 8.09. The number of rotatable bonds is 6. The number of hydrogen-bond donors (Lipinski definition) is 2. The first-order valence-corrected chi connectivity index (χ1v) is 14.8. The molecule has 3 aliphatic heterocycles. The smallest absolute Gasteiger partial charge is 0.241 e. The SMILES string of the molecule is CC[C@H](C)[C@@H]1NC2(CCN(C(=S)Nc3cccc(C)c3)CC2)N(C2CCN(Cc3ccccc3)CC2)C1=O. The van der Waals surface area contributed by atoms with Crippen LogP contribution in [-0.4, -0.2) is 69.6 Å². The average molecular weight is 534 g/mol. The zero-order chi connectivity index (χ0) is 26.7. The molecule has 2 aromatic carbocycles. The Labute approximate surface area is 233 Å². The van der Waals surface area contributed by atoms with Crippen LogP contribution in [0.25, 0.3) is 0 Å². The lowest BCUT2D eigenvalue weighted by Crippen LogP contribution is -2.63. The standard InChI is InChI=1S/C31H43N5OS/c1-4-24(3)28-29(37)36(27-13-17-34(18-14-27)22-25-10-6-5-7-11-25)31(33-28)15-19-35(20-16-31)30(38)32-26-12-8-9-23(2)21-26/h5-12,21,24,27-28,33H,4,13-20,22H2,1-3H3,(H,32,38)/t24-,28-/m0/s1. The fourth-order valence-electron chi connectivity index (χ4n) is 6.50. The maximum atomic E-state index is 13.9. The third-order valence-electron chi connectivity index (χ3n) is 8.92. The van der Waals surface area contributed by atoms with Crippen LogP contribution in [0.1, 0.15) is 57.1 Å². The lowest BCUT2D eigenvalue weighted by Gasteiger charge is -2.49. The highest BCUT2D eigenvalue weighted by molar-refractivity contribution is 7.80. The molecule has 2 N–H and O–H groups in total. The molecule has 0 unspecified atom stereocenters. The summed E-state index contributed by atoms with van der Waals surface area (Å²) in [7, 11) is 0. The first kappa shape index (κ1) is 27.1. The van der Waals surface area contributed by atoms with Crippen LogP contribution in [-0.2, 0) is 11.3 Å². The first-order valence-electron chi connectivity index (χ1n) is 14.4. The molecule has 0 radical (unpaired) electrons. The molecule has 38 heavy (non-hydrogen) atoms. The fraction of sp³-hybridized carbons (Fsp3) is 0.548. The number of aryl methyl sites for hydroxylation is 1. The minimum atomic E-state index is -0.271. The molecule has 1 spiro atoms. The van der Waals surface area contributed by atoms with Gasteiger partial charge in [-0.25, -0.2) is 0 Å². The topological polar surface area (TPSA) is 50.9 Å². The van der Waals surface area contributed by atoms with Gasteiger partial charge >= 0.3 is 0 Å². The van der Waals surface area contributed by atoms with E-state index in [0.717, 1.165) is 75.6 Å². The molecule has 0 aromatic heterocycles. The van der Waals surface area contributed by atoms with Crippen LogP contribution in [0.15, 0.2) is 54.6 Å². The summed E-state index contributed by atoms with van der Waals surface area (Å²) in [6, 6.07) is 19.2. The van der Waals surface area contributed by atoms with Crippen molar-refractivity contribution in [1.29, 1.82) is 0 Å². The lowest BCUT2D eigenvalue weighted by molar-refractivity contribution is -0.138. The third-order valence-corrected chi connectivity index (χ3v) is 9.28. The minimum Gasteiger partial charge on any atom is -0.349 e. The van der Waals surface area contributed by atoms with E-state index in [9.17, 15) is 4.79 Å². The fourth-order valence-corrected chi connectivity index (χ4v) is 6.80. The number of likely N-dealkylation sites (tertiary alicyclic amines) is 2. The summed E-state index contributed by atoms with van der Waals surface area (Å²) in [5.74, 6) is 0.638. The maximum absolute atomic E-state index is 13.9. The number of hydrogen-bond acceptors (Lipinski definition) is 4. The van der Waals surface area contributed by atoms with Crippen LogP contribution in [0.4, 0.5) is 5.69 Å². The Hall–Kier alpha value is -2.48. The molecule has 6 nitrogen and oxygen atoms in total. The predicted molar refractivity (Wildman–Crippen MR) is 159 cm³/mol. The number of nitrogens with zero attached hydrogens (tertiary/aromatic N) is 3. The summed E-state index contributed by atoms with van der Waals surface area (Å²) >= 11 is 5.80. The van der Waals surface area contributed by atoms with Gasteiger partial charge in [0.2, 0.25) is 5.91 Å². The summed E-state index contributed by atoms with van der Waals surface area (Å²) in [4.78, 5) is 21.0. The molecule has 0 saturated carbocycles. The van der Waals surface area contributed by atoms with Crippen molar-refractivity contribution in [1.82, 2.24) is 20.0 Å². The van der Waals surface area contributed by atoms with Crippen molar-refractivity contribution < 1.29 is 4.79 Å². The number of carbonyl (C=O) groups is 1. The number of carbonyl (C=O) groups excluding carboxylic acids is 1. The maximum Gasteiger partial charge on any atom is 0.241 e. The number of amides is 1. The molecule has 3 saturated heterocycles. The van der Waals surface area contributed by atoms with E-state index in [1.165, 1.54) is 11.1 Å². The van der Waals surface area contributed by atoms with Crippen LogP contribution in [0.3, 0.4) is 0 Å². The summed E-state index contributed by atoms with van der Waals surface area (Å²) in [6.45, 7) is 11.2. The van der Waals surface area contributed by atoms with Gasteiger partial charge < -0.3 is 15.1 Å². The van der Waals surface area contributed by atoms with Crippen molar-refractivity contribution in [2.75, 3.05) is 31.5 Å². The van der Waals surface area contributed by atoms with E-state index in [0.29, 0.717) is 17.9 Å². The molecule has 204 valence electrons. The predicted octanol–water partition coefficient (Wildman–Crippen LogP) is 5.00. The summed E-state index contributed by atoms with van der Waals surface area (Å²) in [6.07, 6.45) is 4.86. The second kappa shape index (κ2) is 11.7. The van der Waals surface area contributed by atoms with Crippen LogP contribution in [0.2, 0.25) is 0 Å². The van der Waals surface area contributed by atoms with Crippen molar-refractivity contribution in [3.8, 4) is 0 Å². The average Bonchev–Trinajstić information content (AvgIpc) is 3.21. The summed E-state index contributed by atoms with van der Waals surface area (Å²) < 4.78 is 0. The molecule has 3 heterocycles. The number of anilines is 1. The highest BCUT2D eigenvalue weighted by Gasteiger charge is 2.55. The molecule has 0 bridgehead atoms. The zero-order valence-corrected chi connectivity index (χ0v) is 24.0. The molecule has 2 aromatic rings. The second-order valence-electron chi connectivity index (χ2n) is 11.5. The van der Waals surface area contributed by atoms with E-state index in [-0.39, 0.29) is 11.7 Å². The van der Waals surface area contributed by atoms with Gasteiger partial charge in [0.15, 0.2) is 5.11 Å². The molecule has 3 aliphatic rings. The van der Waals surface area contributed by atoms with Gasteiger partial charge in [0.05, 0.1) is 11.7 Å². The Morgan fingerprint density at radius 2 is 1.79 bits per heavy atom. The van der Waals surface area contributed by atoms with Gasteiger partial charge in [0.25, 0.3) is 0 Å². The van der Waals surface area contributed by atoms with Gasteiger partial charge in [-0.05, 0) is 61.2 Å². The quantitative estimate of drug-likeness (QED) is 0.510. The Morgan fingerprint density at radius 3 is 2.45 bits per heavy atom. The van der Waals surface area contributed by atoms with Crippen LogP contribution >= 0.6 is 12.2 Å². The van der Waals surface area contributed by atoms with Gasteiger partial charge in [-0.15, -0.1) is 0 Å². The molecule has 2 atom stereocenters. The van der Waals surface area contributed by atoms with Crippen LogP contribution < -0.4 is 10.6 Å². The van der Waals surface area contributed by atoms with Gasteiger partial charge in [0, 0.05) is 57.3 Å². The van der Waals surface area contributed by atoms with Crippen LogP contribution in [0.5, 0.6) is 0 Å². The molecule has 7 heteroatoms. The van der Waals surface area contributed by atoms with E-state index in [1.54, 1.807) is 0 Å². The Bertz CT molecular complexity index is 1110. The van der Waals surface area contributed by atoms with E-state index in [2.05, 4.69) is 101 Å². The van der Waals surface area contributed by atoms with E-state index < -0.39 is 0 Å². The highest BCUT2D eigenvalue weighted by atomic mass is 32.1. The minimum absolute atomic E-state index is 0.0914. The number of nitrogens with one attached hydrogen (secondary N) is 2. The molecule has 5 rings (SSSR count). The number of benzene rings is 2. The van der Waals surface area contributed by atoms with Gasteiger partial charge in [0.1, 0.15) is 0 Å². The van der Waals surface area contributed by atoms with Crippen molar-refractivity contribution in [3.63, 3.8) is 0 Å². The molecular weight excluding hydrogens is 490 g/mol. The molecule has 0 aliphatic carbocycles. The van der Waals surface area contributed by atoms with Crippen molar-refractivity contribution >= 4 is 28.9 Å². The lowest BCUT2D eigenvalue weighted by atomic mass is 9.92. The van der Waals surface area contributed by atoms with Gasteiger partial charge in [-0.1, -0.05) is 62.7 Å².